The van der Waals surface area contributed by atoms with Crippen LogP contribution in [0, 0.1) is 0 Å². The van der Waals surface area contributed by atoms with Gasteiger partial charge in [-0.2, -0.15) is 0 Å². The van der Waals surface area contributed by atoms with Crippen LogP contribution in [0.15, 0.2) is 47.1 Å². The van der Waals surface area contributed by atoms with Crippen molar-refractivity contribution < 1.29 is 28.3 Å². The van der Waals surface area contributed by atoms with Gasteiger partial charge in [-0.05, 0) is 24.3 Å². The molecule has 1 aromatic carbocycles. The van der Waals surface area contributed by atoms with E-state index in [0.717, 1.165) is 16.7 Å². The molecule has 0 bridgehead atoms. The summed E-state index contributed by atoms with van der Waals surface area (Å²) in [6.45, 7) is 0.103. The molecule has 1 aromatic heterocycles. The minimum Gasteiger partial charge on any atom is -0.467 e. The van der Waals surface area contributed by atoms with E-state index in [0.29, 0.717) is 18.0 Å². The van der Waals surface area contributed by atoms with E-state index in [1.165, 1.54) is 0 Å². The van der Waals surface area contributed by atoms with Crippen molar-refractivity contribution in [1.82, 2.24) is 10.2 Å². The third kappa shape index (κ3) is 5.61. The van der Waals surface area contributed by atoms with Crippen LogP contribution in [-0.2, 0) is 20.9 Å². The lowest BCUT2D eigenvalue weighted by Crippen LogP contribution is -2.38. The summed E-state index contributed by atoms with van der Waals surface area (Å²) in [5.74, 6) is -0.618. The fourth-order valence-corrected chi connectivity index (χ4v) is 3.33. The number of amides is 3. The van der Waals surface area contributed by atoms with Crippen molar-refractivity contribution in [1.29, 1.82) is 0 Å². The number of carbonyl (C=O) groups is 4. The second-order valence-electron chi connectivity index (χ2n) is 6.00. The van der Waals surface area contributed by atoms with E-state index < -0.39 is 18.5 Å². The molecule has 3 rings (SSSR count). The SMILES string of the molecule is O=C(COC(=O)c1ccccc1NCc1ccco1)NCCN1C(=O)CSC1=O. The first kappa shape index (κ1) is 20.5. The predicted molar refractivity (Wildman–Crippen MR) is 105 cm³/mol. The number of hydrogen-bond donors (Lipinski definition) is 2. The molecular formula is C19H19N3O6S. The molecule has 0 radical (unpaired) electrons. The Bertz CT molecular complexity index is 883. The number of nitrogens with zero attached hydrogens (tertiary/aromatic N) is 1. The molecule has 0 atom stereocenters. The van der Waals surface area contributed by atoms with Gasteiger partial charge in [0.05, 0.1) is 24.1 Å². The van der Waals surface area contributed by atoms with E-state index >= 15 is 0 Å². The third-order valence-corrected chi connectivity index (χ3v) is 4.87. The zero-order valence-corrected chi connectivity index (χ0v) is 16.2. The molecule has 0 aliphatic carbocycles. The van der Waals surface area contributed by atoms with Crippen molar-refractivity contribution in [3.05, 3.63) is 54.0 Å². The Morgan fingerprint density at radius 3 is 2.72 bits per heavy atom. The fraction of sp³-hybridized carbons (Fsp3) is 0.263. The first-order valence-corrected chi connectivity index (χ1v) is 9.79. The van der Waals surface area contributed by atoms with Crippen LogP contribution >= 0.6 is 11.8 Å². The standard InChI is InChI=1S/C19H19N3O6S/c23-16(20-7-8-22-17(24)12-29-19(22)26)11-28-18(25)14-5-1-2-6-15(14)21-10-13-4-3-9-27-13/h1-6,9,21H,7-8,10-12H2,(H,20,23). The fourth-order valence-electron chi connectivity index (χ4n) is 2.57. The number of rotatable bonds is 9. The molecule has 0 spiro atoms. The Morgan fingerprint density at radius 1 is 1.17 bits per heavy atom. The van der Waals surface area contributed by atoms with Crippen LogP contribution < -0.4 is 10.6 Å². The van der Waals surface area contributed by atoms with Gasteiger partial charge in [0.25, 0.3) is 11.1 Å². The summed E-state index contributed by atoms with van der Waals surface area (Å²) in [5, 5.41) is 5.28. The van der Waals surface area contributed by atoms with Gasteiger partial charge >= 0.3 is 5.97 Å². The smallest absolute Gasteiger partial charge is 0.340 e. The van der Waals surface area contributed by atoms with Crippen molar-refractivity contribution in [2.45, 2.75) is 6.54 Å². The summed E-state index contributed by atoms with van der Waals surface area (Å²) < 4.78 is 10.3. The molecular weight excluding hydrogens is 398 g/mol. The lowest BCUT2D eigenvalue weighted by Gasteiger charge is -2.13. The lowest BCUT2D eigenvalue weighted by atomic mass is 10.2. The maximum Gasteiger partial charge on any atom is 0.340 e. The second-order valence-corrected chi connectivity index (χ2v) is 6.93. The minimum absolute atomic E-state index is 0.0872. The van der Waals surface area contributed by atoms with E-state index in [4.69, 9.17) is 9.15 Å². The molecule has 1 saturated heterocycles. The highest BCUT2D eigenvalue weighted by Gasteiger charge is 2.29. The highest BCUT2D eigenvalue weighted by atomic mass is 32.2. The van der Waals surface area contributed by atoms with E-state index in [2.05, 4.69) is 10.6 Å². The van der Waals surface area contributed by atoms with Gasteiger partial charge in [-0.25, -0.2) is 4.79 Å². The second kappa shape index (κ2) is 9.78. The maximum absolute atomic E-state index is 12.3. The van der Waals surface area contributed by atoms with Crippen LogP contribution in [0.3, 0.4) is 0 Å². The Hall–Kier alpha value is -3.27. The van der Waals surface area contributed by atoms with E-state index in [1.807, 2.05) is 0 Å². The molecule has 152 valence electrons. The molecule has 3 amide bonds. The number of nitrogens with one attached hydrogen (secondary N) is 2. The van der Waals surface area contributed by atoms with Gasteiger partial charge < -0.3 is 19.8 Å². The van der Waals surface area contributed by atoms with Gasteiger partial charge in [0.1, 0.15) is 5.76 Å². The quantitative estimate of drug-likeness (QED) is 0.594. The van der Waals surface area contributed by atoms with Crippen molar-refractivity contribution in [2.75, 3.05) is 30.8 Å². The molecule has 1 aliphatic rings. The number of esters is 1. The zero-order valence-electron chi connectivity index (χ0n) is 15.4. The highest BCUT2D eigenvalue weighted by Crippen LogP contribution is 2.18. The van der Waals surface area contributed by atoms with E-state index in [-0.39, 0.29) is 35.6 Å². The maximum atomic E-state index is 12.3. The van der Waals surface area contributed by atoms with Crippen molar-refractivity contribution >= 4 is 40.5 Å². The number of furan rings is 1. The summed E-state index contributed by atoms with van der Waals surface area (Å²) in [6.07, 6.45) is 1.56. The van der Waals surface area contributed by atoms with Crippen LogP contribution in [0.2, 0.25) is 0 Å². The number of thioether (sulfide) groups is 1. The topological polar surface area (TPSA) is 118 Å². The summed E-state index contributed by atoms with van der Waals surface area (Å²) >= 11 is 0.932. The molecule has 0 saturated carbocycles. The number of carbonyl (C=O) groups excluding carboxylic acids is 4. The number of para-hydroxylation sites is 1. The van der Waals surface area contributed by atoms with Crippen LogP contribution in [0.1, 0.15) is 16.1 Å². The van der Waals surface area contributed by atoms with Gasteiger partial charge in [0, 0.05) is 18.8 Å². The molecule has 2 aromatic rings. The molecule has 2 heterocycles. The molecule has 10 heteroatoms. The molecule has 1 fully saturated rings. The van der Waals surface area contributed by atoms with Crippen LogP contribution in [-0.4, -0.2) is 53.4 Å². The minimum atomic E-state index is -0.649. The predicted octanol–water partition coefficient (Wildman–Crippen LogP) is 1.86. The number of anilines is 1. The Balaban J connectivity index is 1.44. The third-order valence-electron chi connectivity index (χ3n) is 4.01. The first-order chi connectivity index (χ1) is 14.0. The molecule has 0 unspecified atom stereocenters. The van der Waals surface area contributed by atoms with E-state index in [9.17, 15) is 19.2 Å². The van der Waals surface area contributed by atoms with Crippen LogP contribution in [0.5, 0.6) is 0 Å². The van der Waals surface area contributed by atoms with Gasteiger partial charge in [0.2, 0.25) is 5.91 Å². The summed E-state index contributed by atoms with van der Waals surface area (Å²) in [5.41, 5.74) is 0.843. The van der Waals surface area contributed by atoms with Crippen molar-refractivity contribution in [3.8, 4) is 0 Å². The number of ether oxygens (including phenoxy) is 1. The monoisotopic (exact) mass is 417 g/mol. The molecule has 9 nitrogen and oxygen atoms in total. The number of benzene rings is 1. The number of hydrogen-bond acceptors (Lipinski definition) is 8. The molecule has 2 N–H and O–H groups in total. The van der Waals surface area contributed by atoms with E-state index in [1.54, 1.807) is 42.7 Å². The average molecular weight is 417 g/mol. The lowest BCUT2D eigenvalue weighted by molar-refractivity contribution is -0.126. The van der Waals surface area contributed by atoms with Gasteiger partial charge in [0.15, 0.2) is 6.61 Å². The summed E-state index contributed by atoms with van der Waals surface area (Å²) in [6, 6.07) is 10.4. The van der Waals surface area contributed by atoms with Gasteiger partial charge in [-0.15, -0.1) is 0 Å². The Kier molecular flexibility index (Phi) is 6.90. The normalized spacial score (nSPS) is 13.4. The molecule has 1 aliphatic heterocycles. The largest absolute Gasteiger partial charge is 0.467 e. The summed E-state index contributed by atoms with van der Waals surface area (Å²) in [4.78, 5) is 48.2. The number of imide groups is 1. The van der Waals surface area contributed by atoms with Gasteiger partial charge in [-0.3, -0.25) is 19.3 Å². The summed E-state index contributed by atoms with van der Waals surface area (Å²) in [7, 11) is 0. The van der Waals surface area contributed by atoms with Crippen molar-refractivity contribution in [2.24, 2.45) is 0 Å². The van der Waals surface area contributed by atoms with Crippen molar-refractivity contribution in [3.63, 3.8) is 0 Å². The highest BCUT2D eigenvalue weighted by molar-refractivity contribution is 8.14. The van der Waals surface area contributed by atoms with Crippen LogP contribution in [0.25, 0.3) is 0 Å². The van der Waals surface area contributed by atoms with Gasteiger partial charge in [-0.1, -0.05) is 23.9 Å². The Morgan fingerprint density at radius 2 is 2.00 bits per heavy atom. The molecule has 29 heavy (non-hydrogen) atoms. The first-order valence-electron chi connectivity index (χ1n) is 8.81. The average Bonchev–Trinajstić information content (AvgIpc) is 3.36. The zero-order chi connectivity index (χ0) is 20.6. The Labute approximate surface area is 170 Å². The van der Waals surface area contributed by atoms with Crippen LogP contribution in [0.4, 0.5) is 10.5 Å².